The largest absolute Gasteiger partial charge is 0.508 e. The Hall–Kier alpha value is -3.19. The molecule has 138 valence electrons. The fourth-order valence-corrected chi connectivity index (χ4v) is 3.14. The molecule has 2 aromatic carbocycles. The SMILES string of the molecule is CC(C)c1cc(/C(=N/N)N(C=S)c2cnc3ccccc3c2)c(O)cc1O. The highest BCUT2D eigenvalue weighted by Gasteiger charge is 2.21. The van der Waals surface area contributed by atoms with Crippen molar-refractivity contribution in [2.75, 3.05) is 4.90 Å². The number of benzene rings is 2. The molecule has 0 radical (unpaired) electrons. The van der Waals surface area contributed by atoms with Crippen molar-refractivity contribution in [3.8, 4) is 11.5 Å². The highest BCUT2D eigenvalue weighted by atomic mass is 32.1. The van der Waals surface area contributed by atoms with Crippen molar-refractivity contribution >= 4 is 40.1 Å². The lowest BCUT2D eigenvalue weighted by Crippen LogP contribution is -2.31. The van der Waals surface area contributed by atoms with E-state index in [0.717, 1.165) is 10.9 Å². The standard InChI is InChI=1S/C20H20N4O2S/c1-12(2)15-8-16(19(26)9-18(15)25)20(23-21)24(11-27)14-7-13-5-3-4-6-17(13)22-10-14/h3-12,25-26H,21H2,1-2H3/b23-20-. The third-order valence-corrected chi connectivity index (χ3v) is 4.53. The second-order valence-corrected chi connectivity index (χ2v) is 6.61. The Morgan fingerprint density at radius 3 is 2.59 bits per heavy atom. The van der Waals surface area contributed by atoms with Gasteiger partial charge in [0.25, 0.3) is 0 Å². The van der Waals surface area contributed by atoms with Crippen LogP contribution in [-0.2, 0) is 0 Å². The summed E-state index contributed by atoms with van der Waals surface area (Å²) in [6.45, 7) is 3.89. The van der Waals surface area contributed by atoms with Gasteiger partial charge in [-0.2, -0.15) is 5.10 Å². The molecule has 0 spiro atoms. The number of amidine groups is 1. The third-order valence-electron chi connectivity index (χ3n) is 4.32. The first kappa shape index (κ1) is 18.6. The molecule has 4 N–H and O–H groups in total. The van der Waals surface area contributed by atoms with Gasteiger partial charge in [-0.15, -0.1) is 0 Å². The highest BCUT2D eigenvalue weighted by molar-refractivity contribution is 7.79. The highest BCUT2D eigenvalue weighted by Crippen LogP contribution is 2.33. The minimum Gasteiger partial charge on any atom is -0.508 e. The van der Waals surface area contributed by atoms with Crippen molar-refractivity contribution in [1.29, 1.82) is 0 Å². The van der Waals surface area contributed by atoms with Gasteiger partial charge in [-0.3, -0.25) is 9.88 Å². The molecule has 27 heavy (non-hydrogen) atoms. The lowest BCUT2D eigenvalue weighted by molar-refractivity contribution is 0.443. The molecule has 0 amide bonds. The summed E-state index contributed by atoms with van der Waals surface area (Å²) in [7, 11) is 0. The molecule has 3 rings (SSSR count). The van der Waals surface area contributed by atoms with Gasteiger partial charge in [0.2, 0.25) is 0 Å². The van der Waals surface area contributed by atoms with E-state index in [9.17, 15) is 10.2 Å². The van der Waals surface area contributed by atoms with E-state index in [2.05, 4.69) is 10.1 Å². The average molecular weight is 380 g/mol. The Kier molecular flexibility index (Phi) is 5.23. The molecule has 0 aliphatic heterocycles. The fourth-order valence-electron chi connectivity index (χ4n) is 2.92. The average Bonchev–Trinajstić information content (AvgIpc) is 2.66. The van der Waals surface area contributed by atoms with Crippen molar-refractivity contribution in [1.82, 2.24) is 4.98 Å². The van der Waals surface area contributed by atoms with Gasteiger partial charge in [0.05, 0.1) is 28.5 Å². The first-order chi connectivity index (χ1) is 13.0. The summed E-state index contributed by atoms with van der Waals surface area (Å²) in [5.74, 6) is 5.83. The minimum atomic E-state index is -0.142. The zero-order valence-corrected chi connectivity index (χ0v) is 15.8. The van der Waals surface area contributed by atoms with Gasteiger partial charge in [0.1, 0.15) is 11.5 Å². The van der Waals surface area contributed by atoms with E-state index in [-0.39, 0.29) is 23.3 Å². The smallest absolute Gasteiger partial charge is 0.168 e. The Balaban J connectivity index is 2.12. The first-order valence-corrected chi connectivity index (χ1v) is 8.86. The molecule has 0 saturated heterocycles. The maximum atomic E-state index is 10.4. The molecule has 0 fully saturated rings. The molecule has 6 nitrogen and oxygen atoms in total. The molecule has 0 saturated carbocycles. The lowest BCUT2D eigenvalue weighted by Gasteiger charge is -2.22. The van der Waals surface area contributed by atoms with E-state index in [0.29, 0.717) is 16.8 Å². The second kappa shape index (κ2) is 7.59. The summed E-state index contributed by atoms with van der Waals surface area (Å²) in [6.07, 6.45) is 1.66. The molecule has 1 heterocycles. The number of aromatic nitrogens is 1. The van der Waals surface area contributed by atoms with E-state index in [1.807, 2.05) is 44.2 Å². The second-order valence-electron chi connectivity index (χ2n) is 6.40. The number of hydrogen-bond acceptors (Lipinski definition) is 6. The predicted octanol–water partition coefficient (Wildman–Crippen LogP) is 3.85. The van der Waals surface area contributed by atoms with Crippen molar-refractivity contribution in [2.24, 2.45) is 10.9 Å². The number of rotatable bonds is 4. The van der Waals surface area contributed by atoms with Crippen LogP contribution in [0.2, 0.25) is 0 Å². The molecule has 0 unspecified atom stereocenters. The van der Waals surface area contributed by atoms with Crippen molar-refractivity contribution < 1.29 is 10.2 Å². The van der Waals surface area contributed by atoms with E-state index in [1.54, 1.807) is 17.2 Å². The van der Waals surface area contributed by atoms with Crippen molar-refractivity contribution in [2.45, 2.75) is 19.8 Å². The lowest BCUT2D eigenvalue weighted by atomic mass is 9.98. The minimum absolute atomic E-state index is 0.0175. The number of nitrogens with two attached hydrogens (primary N) is 1. The number of nitrogens with zero attached hydrogens (tertiary/aromatic N) is 3. The molecule has 0 aliphatic carbocycles. The molecule has 0 aliphatic rings. The first-order valence-electron chi connectivity index (χ1n) is 8.39. The Labute approximate surface area is 162 Å². The number of hydrazone groups is 1. The van der Waals surface area contributed by atoms with Gasteiger partial charge in [-0.25, -0.2) is 0 Å². The Bertz CT molecular complexity index is 1030. The fraction of sp³-hybridized carbons (Fsp3) is 0.150. The molecular weight excluding hydrogens is 360 g/mol. The van der Waals surface area contributed by atoms with Gasteiger partial charge in [0, 0.05) is 11.5 Å². The Morgan fingerprint density at radius 1 is 1.19 bits per heavy atom. The summed E-state index contributed by atoms with van der Waals surface area (Å²) in [6, 6.07) is 12.6. The number of anilines is 1. The molecule has 0 bridgehead atoms. The van der Waals surface area contributed by atoms with Crippen LogP contribution in [0.4, 0.5) is 5.69 Å². The number of phenols is 2. The summed E-state index contributed by atoms with van der Waals surface area (Å²) in [5.41, 5.74) is 3.94. The molecule has 0 atom stereocenters. The van der Waals surface area contributed by atoms with E-state index >= 15 is 0 Å². The quantitative estimate of drug-likeness (QED) is 0.209. The zero-order chi connectivity index (χ0) is 19.6. The predicted molar refractivity (Wildman–Crippen MR) is 112 cm³/mol. The Morgan fingerprint density at radius 2 is 1.93 bits per heavy atom. The van der Waals surface area contributed by atoms with Crippen LogP contribution in [0, 0.1) is 0 Å². The number of aromatic hydroxyl groups is 2. The van der Waals surface area contributed by atoms with Gasteiger partial charge >= 0.3 is 0 Å². The van der Waals surface area contributed by atoms with Crippen LogP contribution in [0.1, 0.15) is 30.9 Å². The summed E-state index contributed by atoms with van der Waals surface area (Å²) in [4.78, 5) is 6.01. The van der Waals surface area contributed by atoms with Crippen molar-refractivity contribution in [3.05, 3.63) is 59.8 Å². The topological polar surface area (TPSA) is 95.0 Å². The number of phenolic OH excluding ortho intramolecular Hbond substituents is 2. The van der Waals surface area contributed by atoms with E-state index < -0.39 is 0 Å². The van der Waals surface area contributed by atoms with Gasteiger partial charge in [0.15, 0.2) is 5.84 Å². The number of para-hydroxylation sites is 1. The van der Waals surface area contributed by atoms with Gasteiger partial charge < -0.3 is 16.1 Å². The van der Waals surface area contributed by atoms with Crippen molar-refractivity contribution in [3.63, 3.8) is 0 Å². The number of fused-ring (bicyclic) bond motifs is 1. The molecule has 3 aromatic rings. The van der Waals surface area contributed by atoms with Crippen LogP contribution in [0.3, 0.4) is 0 Å². The maximum Gasteiger partial charge on any atom is 0.168 e. The van der Waals surface area contributed by atoms with Crippen LogP contribution < -0.4 is 10.7 Å². The number of thiocarbonyl (C=S) groups is 1. The van der Waals surface area contributed by atoms with Gasteiger partial charge in [-0.1, -0.05) is 44.3 Å². The normalized spacial score (nSPS) is 11.7. The molecule has 7 heteroatoms. The van der Waals surface area contributed by atoms with Crippen LogP contribution >= 0.6 is 12.2 Å². The monoisotopic (exact) mass is 380 g/mol. The van der Waals surface area contributed by atoms with Gasteiger partial charge in [-0.05, 0) is 29.7 Å². The molecule has 1 aromatic heterocycles. The summed E-state index contributed by atoms with van der Waals surface area (Å²) in [5, 5.41) is 25.3. The summed E-state index contributed by atoms with van der Waals surface area (Å²) < 4.78 is 0. The number of pyridine rings is 1. The van der Waals surface area contributed by atoms with Crippen LogP contribution in [0.25, 0.3) is 10.9 Å². The van der Waals surface area contributed by atoms with Crippen LogP contribution in [0.15, 0.2) is 53.8 Å². The third kappa shape index (κ3) is 3.54. The van der Waals surface area contributed by atoms with E-state index in [4.69, 9.17) is 18.1 Å². The summed E-state index contributed by atoms with van der Waals surface area (Å²) >= 11 is 5.18. The molecular formula is C20H20N4O2S. The van der Waals surface area contributed by atoms with E-state index in [1.165, 1.54) is 11.6 Å². The van der Waals surface area contributed by atoms with Crippen LogP contribution in [0.5, 0.6) is 11.5 Å². The number of hydrogen-bond donors (Lipinski definition) is 3. The van der Waals surface area contributed by atoms with Crippen LogP contribution in [-0.4, -0.2) is 26.5 Å². The maximum absolute atomic E-state index is 10.4. The zero-order valence-electron chi connectivity index (χ0n) is 15.0.